The average Bonchev–Trinajstić information content (AvgIpc) is 4.10. The van der Waals surface area contributed by atoms with Crippen LogP contribution in [0.2, 0.25) is 0 Å². The van der Waals surface area contributed by atoms with E-state index >= 15 is 0 Å². The number of carbonyl (C=O) groups is 3. The molecule has 12 nitrogen and oxygen atoms in total. The van der Waals surface area contributed by atoms with E-state index < -0.39 is 18.0 Å². The number of aromatic amines is 2. The third-order valence-corrected chi connectivity index (χ3v) is 12.8. The van der Waals surface area contributed by atoms with E-state index in [1.165, 1.54) is 7.11 Å². The number of hydrogen-bond acceptors (Lipinski definition) is 8. The first kappa shape index (κ1) is 38.3. The minimum Gasteiger partial charge on any atom is -0.469 e. The molecular formula is C45H50N6O6. The van der Waals surface area contributed by atoms with Crippen LogP contribution in [0, 0.1) is 29.6 Å². The SMILES string of the molecule is COC(=O)C[C@H](C(=O)N1CCC[C@H]1c1ncc(-c2ccc(-c3ccc(C4=CN=C(C5C6CCC(C6)[C@@H]5C(=O)NCc5ccc[nH]c5=O)C4)cc3)cc2)[nH]1)[C@@H](C)OC. The maximum atomic E-state index is 13.7. The van der Waals surface area contributed by atoms with E-state index in [-0.39, 0.29) is 48.2 Å². The second-order valence-corrected chi connectivity index (χ2v) is 15.9. The monoisotopic (exact) mass is 770 g/mol. The molecule has 7 atom stereocenters. The van der Waals surface area contributed by atoms with Crippen LogP contribution in [0.4, 0.5) is 0 Å². The number of pyridine rings is 1. The number of aliphatic imine (C=N–C) groups is 1. The number of carbonyl (C=O) groups excluding carboxylic acids is 3. The number of amides is 2. The Morgan fingerprint density at radius 3 is 2.39 bits per heavy atom. The Hall–Kier alpha value is -5.62. The molecule has 2 saturated carbocycles. The highest BCUT2D eigenvalue weighted by Crippen LogP contribution is 2.54. The molecule has 2 aliphatic carbocycles. The molecule has 4 aromatic rings. The van der Waals surface area contributed by atoms with Crippen LogP contribution in [0.15, 0.2) is 89.0 Å². The maximum Gasteiger partial charge on any atom is 0.306 e. The smallest absolute Gasteiger partial charge is 0.306 e. The van der Waals surface area contributed by atoms with Gasteiger partial charge in [0, 0.05) is 62.1 Å². The summed E-state index contributed by atoms with van der Waals surface area (Å²) in [6.07, 6.45) is 10.5. The number of imidazole rings is 1. The Morgan fingerprint density at radius 2 is 1.67 bits per heavy atom. The number of aromatic nitrogens is 3. The highest BCUT2D eigenvalue weighted by molar-refractivity contribution is 6.02. The zero-order valence-electron chi connectivity index (χ0n) is 32.7. The Balaban J connectivity index is 0.890. The molecule has 4 aliphatic rings. The van der Waals surface area contributed by atoms with Crippen molar-refractivity contribution in [2.75, 3.05) is 20.8 Å². The quantitative estimate of drug-likeness (QED) is 0.131. The van der Waals surface area contributed by atoms with Crippen molar-refractivity contribution >= 4 is 29.1 Å². The third-order valence-electron chi connectivity index (χ3n) is 12.8. The van der Waals surface area contributed by atoms with Gasteiger partial charge in [-0.2, -0.15) is 0 Å². The Morgan fingerprint density at radius 1 is 0.947 bits per heavy atom. The van der Waals surface area contributed by atoms with Crippen LogP contribution >= 0.6 is 0 Å². The number of nitrogens with zero attached hydrogens (tertiary/aromatic N) is 3. The van der Waals surface area contributed by atoms with Gasteiger partial charge in [0.1, 0.15) is 5.82 Å². The molecule has 0 radical (unpaired) electrons. The fourth-order valence-corrected chi connectivity index (χ4v) is 9.65. The fourth-order valence-electron chi connectivity index (χ4n) is 9.65. The van der Waals surface area contributed by atoms with Gasteiger partial charge in [-0.25, -0.2) is 4.98 Å². The van der Waals surface area contributed by atoms with E-state index in [2.05, 4.69) is 63.8 Å². The van der Waals surface area contributed by atoms with Gasteiger partial charge in [0.15, 0.2) is 0 Å². The fraction of sp³-hybridized carbons (Fsp3) is 0.422. The van der Waals surface area contributed by atoms with Crippen LogP contribution in [-0.2, 0) is 30.4 Å². The molecule has 2 aromatic heterocycles. The van der Waals surface area contributed by atoms with E-state index in [1.807, 2.05) is 17.3 Å². The molecule has 12 heteroatoms. The summed E-state index contributed by atoms with van der Waals surface area (Å²) in [6, 6.07) is 20.2. The molecule has 4 heterocycles. The standard InChI is InChI=1S/C45H50N6O6/c1-26(56-2)35(22-39(52)57-3)45(55)51-19-5-7-38(51)42-48-25-37(50-42)30-14-12-28(13-15-30)27-8-10-29(11-9-27)34-21-36(47-24-34)40-31-16-17-32(20-31)41(40)44(54)49-23-33-6-4-18-46-43(33)53/h4,6,8-15,18,24-26,31-32,35,38,40-41H,5,7,16-17,19-23H2,1-3H3,(H,46,53)(H,48,50)(H,49,54)/t26-,31?,32?,35+,38+,40?,41+/m1/s1. The van der Waals surface area contributed by atoms with E-state index in [0.29, 0.717) is 23.9 Å². The second-order valence-electron chi connectivity index (χ2n) is 15.9. The van der Waals surface area contributed by atoms with Crippen molar-refractivity contribution in [3.63, 3.8) is 0 Å². The number of H-pyrrole nitrogens is 2. The van der Waals surface area contributed by atoms with Gasteiger partial charge in [-0.15, -0.1) is 0 Å². The number of benzene rings is 2. The number of likely N-dealkylation sites (tertiary alicyclic amines) is 1. The Bertz CT molecular complexity index is 2240. The minimum absolute atomic E-state index is 0.0297. The first-order valence-electron chi connectivity index (χ1n) is 20.1. The lowest BCUT2D eigenvalue weighted by Gasteiger charge is -2.30. The predicted molar refractivity (Wildman–Crippen MR) is 216 cm³/mol. The molecule has 2 amide bonds. The van der Waals surface area contributed by atoms with Crippen molar-refractivity contribution in [3.8, 4) is 22.4 Å². The number of rotatable bonds is 13. The van der Waals surface area contributed by atoms with Crippen molar-refractivity contribution in [2.24, 2.45) is 34.6 Å². The van der Waals surface area contributed by atoms with Crippen molar-refractivity contribution in [3.05, 3.63) is 107 Å². The number of ether oxygens (including phenoxy) is 2. The zero-order chi connectivity index (χ0) is 39.6. The lowest BCUT2D eigenvalue weighted by molar-refractivity contribution is -0.151. The number of fused-ring (bicyclic) bond motifs is 2. The number of methoxy groups -OCH3 is 2. The lowest BCUT2D eigenvalue weighted by atomic mass is 9.75. The first-order valence-corrected chi connectivity index (χ1v) is 20.1. The van der Waals surface area contributed by atoms with Gasteiger partial charge in [-0.1, -0.05) is 54.6 Å². The number of nitrogens with one attached hydrogen (secondary N) is 3. The zero-order valence-corrected chi connectivity index (χ0v) is 32.7. The van der Waals surface area contributed by atoms with E-state index in [1.54, 1.807) is 32.4 Å². The van der Waals surface area contributed by atoms with Crippen LogP contribution in [0.3, 0.4) is 0 Å². The number of allylic oxidation sites excluding steroid dienone is 1. The molecule has 2 aliphatic heterocycles. The van der Waals surface area contributed by atoms with Gasteiger partial charge >= 0.3 is 5.97 Å². The van der Waals surface area contributed by atoms with Crippen LogP contribution in [-0.4, -0.2) is 70.2 Å². The van der Waals surface area contributed by atoms with Crippen LogP contribution in [0.25, 0.3) is 28.0 Å². The van der Waals surface area contributed by atoms with Crippen molar-refractivity contribution < 1.29 is 23.9 Å². The molecule has 2 bridgehead atoms. The largest absolute Gasteiger partial charge is 0.469 e. The summed E-state index contributed by atoms with van der Waals surface area (Å²) >= 11 is 0. The molecule has 3 N–H and O–H groups in total. The maximum absolute atomic E-state index is 13.7. The van der Waals surface area contributed by atoms with Crippen LogP contribution in [0.5, 0.6) is 0 Å². The van der Waals surface area contributed by atoms with Crippen LogP contribution < -0.4 is 10.9 Å². The summed E-state index contributed by atoms with van der Waals surface area (Å²) in [5.74, 6) is 0.404. The van der Waals surface area contributed by atoms with E-state index in [9.17, 15) is 19.2 Å². The normalized spacial score (nSPS) is 23.6. The van der Waals surface area contributed by atoms with Crippen LogP contribution in [0.1, 0.15) is 74.9 Å². The van der Waals surface area contributed by atoms with Gasteiger partial charge in [-0.3, -0.25) is 24.2 Å². The van der Waals surface area contributed by atoms with Gasteiger partial charge in [0.05, 0.1) is 43.5 Å². The number of hydrogen-bond donors (Lipinski definition) is 3. The molecule has 0 spiro atoms. The molecule has 8 rings (SSSR count). The summed E-state index contributed by atoms with van der Waals surface area (Å²) in [5, 5.41) is 3.07. The minimum atomic E-state index is -0.638. The Labute approximate surface area is 332 Å². The average molecular weight is 771 g/mol. The summed E-state index contributed by atoms with van der Waals surface area (Å²) < 4.78 is 10.3. The Kier molecular flexibility index (Phi) is 11.1. The predicted octanol–water partition coefficient (Wildman–Crippen LogP) is 6.47. The topological polar surface area (TPSA) is 159 Å². The molecule has 3 fully saturated rings. The van der Waals surface area contributed by atoms with Crippen molar-refractivity contribution in [1.29, 1.82) is 0 Å². The summed E-state index contributed by atoms with van der Waals surface area (Å²) in [5.41, 5.74) is 7.83. The highest BCUT2D eigenvalue weighted by atomic mass is 16.5. The third kappa shape index (κ3) is 7.75. The van der Waals surface area contributed by atoms with E-state index in [4.69, 9.17) is 19.5 Å². The molecule has 57 heavy (non-hydrogen) atoms. The van der Waals surface area contributed by atoms with Crippen molar-refractivity contribution in [2.45, 2.75) is 70.6 Å². The van der Waals surface area contributed by atoms with Crippen molar-refractivity contribution in [1.82, 2.24) is 25.2 Å². The molecule has 1 saturated heterocycles. The van der Waals surface area contributed by atoms with Gasteiger partial charge < -0.3 is 29.7 Å². The summed E-state index contributed by atoms with van der Waals surface area (Å²) in [4.78, 5) is 69.1. The first-order chi connectivity index (χ1) is 27.7. The number of esters is 1. The van der Waals surface area contributed by atoms with E-state index in [0.717, 1.165) is 83.6 Å². The molecular weight excluding hydrogens is 721 g/mol. The molecule has 3 unspecified atom stereocenters. The summed E-state index contributed by atoms with van der Waals surface area (Å²) in [7, 11) is 2.87. The van der Waals surface area contributed by atoms with Gasteiger partial charge in [0.2, 0.25) is 11.8 Å². The lowest BCUT2D eigenvalue weighted by Crippen LogP contribution is -2.41. The summed E-state index contributed by atoms with van der Waals surface area (Å²) in [6.45, 7) is 2.62. The molecule has 2 aromatic carbocycles. The van der Waals surface area contributed by atoms with Gasteiger partial charge in [-0.05, 0) is 84.8 Å². The van der Waals surface area contributed by atoms with Gasteiger partial charge in [0.25, 0.3) is 5.56 Å². The highest BCUT2D eigenvalue weighted by Gasteiger charge is 2.52. The molecule has 296 valence electrons. The second kappa shape index (κ2) is 16.5.